The van der Waals surface area contributed by atoms with E-state index in [9.17, 15) is 4.39 Å². The normalized spacial score (nSPS) is 12.0. The van der Waals surface area contributed by atoms with Gasteiger partial charge in [-0.05, 0) is 30.3 Å². The Labute approximate surface area is 121 Å². The average Bonchev–Trinajstić information content (AvgIpc) is 2.53. The quantitative estimate of drug-likeness (QED) is 0.744. The van der Waals surface area contributed by atoms with Gasteiger partial charge in [0.05, 0.1) is 17.4 Å². The summed E-state index contributed by atoms with van der Waals surface area (Å²) < 4.78 is 18.0. The van der Waals surface area contributed by atoms with Gasteiger partial charge >= 0.3 is 0 Å². The molecule has 0 saturated heterocycles. The lowest BCUT2D eigenvalue weighted by atomic mass is 10.1. The number of para-hydroxylation sites is 1. The van der Waals surface area contributed by atoms with Gasteiger partial charge in [-0.25, -0.2) is 9.37 Å². The molecule has 106 valence electrons. The van der Waals surface area contributed by atoms with Crippen LogP contribution in [0.3, 0.4) is 0 Å². The van der Waals surface area contributed by atoms with E-state index in [1.54, 1.807) is 0 Å². The van der Waals surface area contributed by atoms with Gasteiger partial charge in [-0.3, -0.25) is 0 Å². The van der Waals surface area contributed by atoms with Crippen LogP contribution >= 0.6 is 0 Å². The summed E-state index contributed by atoms with van der Waals surface area (Å²) in [4.78, 5) is 4.60. The summed E-state index contributed by atoms with van der Waals surface area (Å²) in [6, 6.07) is 15.7. The summed E-state index contributed by atoms with van der Waals surface area (Å²) in [6.45, 7) is 0.301. The molecular formula is C17H15FN2O. The minimum Gasteiger partial charge on any atom is -0.489 e. The van der Waals surface area contributed by atoms with Gasteiger partial charge in [0.25, 0.3) is 0 Å². The van der Waals surface area contributed by atoms with Gasteiger partial charge in [0.1, 0.15) is 12.4 Å². The summed E-state index contributed by atoms with van der Waals surface area (Å²) >= 11 is 0. The van der Waals surface area contributed by atoms with Crippen LogP contribution in [-0.4, -0.2) is 18.1 Å². The van der Waals surface area contributed by atoms with Gasteiger partial charge in [-0.1, -0.05) is 18.2 Å². The van der Waals surface area contributed by atoms with E-state index < -0.39 is 0 Å². The van der Waals surface area contributed by atoms with Crippen LogP contribution < -0.4 is 10.5 Å². The number of ether oxygens (including phenoxy) is 1. The van der Waals surface area contributed by atoms with Crippen molar-refractivity contribution in [3.63, 3.8) is 0 Å². The van der Waals surface area contributed by atoms with E-state index in [2.05, 4.69) is 11.1 Å². The standard InChI is InChI=1S/C17H15FN2O/c18-9-12(10-19)11-21-15-5-6-17-14(8-15)7-13-3-1-2-4-16(13)20-17/h1-9H,10-11,19H2/b12-9+. The van der Waals surface area contributed by atoms with Crippen molar-refractivity contribution in [3.05, 3.63) is 60.4 Å². The Bertz CT molecular complexity index is 814. The highest BCUT2D eigenvalue weighted by molar-refractivity contribution is 5.93. The number of nitrogens with two attached hydrogens (primary N) is 1. The molecule has 0 fully saturated rings. The van der Waals surface area contributed by atoms with Gasteiger partial charge in [0.2, 0.25) is 0 Å². The molecule has 0 atom stereocenters. The number of aromatic nitrogens is 1. The zero-order valence-corrected chi connectivity index (χ0v) is 11.4. The number of fused-ring (bicyclic) bond motifs is 2. The summed E-state index contributed by atoms with van der Waals surface area (Å²) in [6.07, 6.45) is 0.496. The lowest BCUT2D eigenvalue weighted by Crippen LogP contribution is -2.10. The van der Waals surface area contributed by atoms with Gasteiger partial charge in [-0.15, -0.1) is 0 Å². The number of hydrogen-bond acceptors (Lipinski definition) is 3. The largest absolute Gasteiger partial charge is 0.489 e. The van der Waals surface area contributed by atoms with E-state index in [1.807, 2.05) is 42.5 Å². The van der Waals surface area contributed by atoms with Gasteiger partial charge in [0, 0.05) is 22.9 Å². The molecule has 0 bridgehead atoms. The maximum absolute atomic E-state index is 12.5. The molecule has 0 aliphatic heterocycles. The van der Waals surface area contributed by atoms with Crippen molar-refractivity contribution in [2.75, 3.05) is 13.2 Å². The maximum Gasteiger partial charge on any atom is 0.120 e. The van der Waals surface area contributed by atoms with Gasteiger partial charge < -0.3 is 10.5 Å². The average molecular weight is 282 g/mol. The molecule has 3 rings (SSSR count). The second-order valence-corrected chi connectivity index (χ2v) is 4.80. The number of pyridine rings is 1. The number of halogens is 1. The molecule has 3 aromatic rings. The first-order chi connectivity index (χ1) is 10.3. The van der Waals surface area contributed by atoms with Crippen molar-refractivity contribution in [2.24, 2.45) is 5.73 Å². The second kappa shape index (κ2) is 5.89. The van der Waals surface area contributed by atoms with E-state index in [0.29, 0.717) is 17.7 Å². The molecule has 0 unspecified atom stereocenters. The lowest BCUT2D eigenvalue weighted by Gasteiger charge is -2.08. The van der Waals surface area contributed by atoms with Crippen LogP contribution in [0, 0.1) is 0 Å². The van der Waals surface area contributed by atoms with Crippen LogP contribution in [0.4, 0.5) is 4.39 Å². The molecule has 0 amide bonds. The zero-order valence-electron chi connectivity index (χ0n) is 11.4. The van der Waals surface area contributed by atoms with Crippen LogP contribution in [0.2, 0.25) is 0 Å². The first kappa shape index (κ1) is 13.5. The monoisotopic (exact) mass is 282 g/mol. The number of rotatable bonds is 4. The molecule has 1 aromatic heterocycles. The van der Waals surface area contributed by atoms with Crippen molar-refractivity contribution in [2.45, 2.75) is 0 Å². The fourth-order valence-electron chi connectivity index (χ4n) is 2.16. The SMILES string of the molecule is NC/C(=C\F)COc1ccc2nc3ccccc3cc2c1. The maximum atomic E-state index is 12.5. The molecule has 0 aliphatic rings. The first-order valence-corrected chi connectivity index (χ1v) is 6.70. The van der Waals surface area contributed by atoms with Crippen molar-refractivity contribution >= 4 is 21.8 Å². The summed E-state index contributed by atoms with van der Waals surface area (Å²) in [7, 11) is 0. The zero-order chi connectivity index (χ0) is 14.7. The van der Waals surface area contributed by atoms with Crippen LogP contribution in [0.15, 0.2) is 60.4 Å². The molecule has 0 spiro atoms. The van der Waals surface area contributed by atoms with E-state index in [0.717, 1.165) is 21.8 Å². The smallest absolute Gasteiger partial charge is 0.120 e. The highest BCUT2D eigenvalue weighted by Crippen LogP contribution is 2.23. The molecule has 21 heavy (non-hydrogen) atoms. The number of hydrogen-bond donors (Lipinski definition) is 1. The Hall–Kier alpha value is -2.46. The van der Waals surface area contributed by atoms with Crippen molar-refractivity contribution in [3.8, 4) is 5.75 Å². The van der Waals surface area contributed by atoms with Crippen LogP contribution in [0.1, 0.15) is 0 Å². The molecular weight excluding hydrogens is 267 g/mol. The fourth-order valence-corrected chi connectivity index (χ4v) is 2.16. The van der Waals surface area contributed by atoms with Crippen molar-refractivity contribution < 1.29 is 9.13 Å². The minimum absolute atomic E-state index is 0.149. The number of benzene rings is 2. The third kappa shape index (κ3) is 2.85. The fraction of sp³-hybridized carbons (Fsp3) is 0.118. The molecule has 4 heteroatoms. The third-order valence-electron chi connectivity index (χ3n) is 3.33. The van der Waals surface area contributed by atoms with Gasteiger partial charge in [0.15, 0.2) is 0 Å². The van der Waals surface area contributed by atoms with Crippen molar-refractivity contribution in [1.82, 2.24) is 4.98 Å². The lowest BCUT2D eigenvalue weighted by molar-refractivity contribution is 0.348. The van der Waals surface area contributed by atoms with E-state index in [1.165, 1.54) is 0 Å². The molecule has 0 radical (unpaired) electrons. The molecule has 2 N–H and O–H groups in total. The van der Waals surface area contributed by atoms with Crippen molar-refractivity contribution in [1.29, 1.82) is 0 Å². The molecule has 1 heterocycles. The second-order valence-electron chi connectivity index (χ2n) is 4.80. The summed E-state index contributed by atoms with van der Waals surface area (Å²) in [5.41, 5.74) is 7.69. The highest BCUT2D eigenvalue weighted by atomic mass is 19.1. The summed E-state index contributed by atoms with van der Waals surface area (Å²) in [5, 5.41) is 2.07. The molecule has 0 saturated carbocycles. The highest BCUT2D eigenvalue weighted by Gasteiger charge is 2.03. The van der Waals surface area contributed by atoms with E-state index in [-0.39, 0.29) is 13.2 Å². The predicted octanol–water partition coefficient (Wildman–Crippen LogP) is 3.58. The topological polar surface area (TPSA) is 48.1 Å². The van der Waals surface area contributed by atoms with E-state index in [4.69, 9.17) is 10.5 Å². The Morgan fingerprint density at radius 3 is 2.71 bits per heavy atom. The third-order valence-corrected chi connectivity index (χ3v) is 3.33. The Balaban J connectivity index is 1.94. The van der Waals surface area contributed by atoms with Crippen LogP contribution in [-0.2, 0) is 0 Å². The summed E-state index contributed by atoms with van der Waals surface area (Å²) in [5.74, 6) is 0.674. The predicted molar refractivity (Wildman–Crippen MR) is 83.0 cm³/mol. The Kier molecular flexibility index (Phi) is 3.79. The molecule has 3 nitrogen and oxygen atoms in total. The first-order valence-electron chi connectivity index (χ1n) is 6.70. The van der Waals surface area contributed by atoms with E-state index >= 15 is 0 Å². The Morgan fingerprint density at radius 2 is 1.90 bits per heavy atom. The molecule has 0 aliphatic carbocycles. The number of nitrogens with zero attached hydrogens (tertiary/aromatic N) is 1. The Morgan fingerprint density at radius 1 is 1.10 bits per heavy atom. The minimum atomic E-state index is 0.149. The van der Waals surface area contributed by atoms with Gasteiger partial charge in [-0.2, -0.15) is 0 Å². The molecule has 2 aromatic carbocycles. The van der Waals surface area contributed by atoms with Crippen LogP contribution in [0.25, 0.3) is 21.8 Å². The van der Waals surface area contributed by atoms with Crippen LogP contribution in [0.5, 0.6) is 5.75 Å².